The summed E-state index contributed by atoms with van der Waals surface area (Å²) in [5, 5.41) is 15.3. The highest BCUT2D eigenvalue weighted by Crippen LogP contribution is 2.17. The first kappa shape index (κ1) is 47.0. The van der Waals surface area contributed by atoms with E-state index in [9.17, 15) is 0 Å². The third-order valence-electron chi connectivity index (χ3n) is 4.84. The van der Waals surface area contributed by atoms with E-state index in [0.29, 0.717) is 6.61 Å². The van der Waals surface area contributed by atoms with E-state index < -0.39 is 0 Å². The van der Waals surface area contributed by atoms with Gasteiger partial charge in [0.2, 0.25) is 0 Å². The molecule has 0 fully saturated rings. The van der Waals surface area contributed by atoms with Gasteiger partial charge in [-0.2, -0.15) is 0 Å². The molecule has 1 radical (unpaired) electrons. The molecule has 0 aliphatic carbocycles. The molecule has 1 atom stereocenters. The number of aliphatic hydroxyl groups excluding tert-OH is 2. The van der Waals surface area contributed by atoms with Crippen LogP contribution < -0.4 is 0 Å². The molecule has 0 amide bonds. The number of hydrogen-bond acceptors (Lipinski definition) is 2. The molecule has 211 valence electrons. The summed E-state index contributed by atoms with van der Waals surface area (Å²) in [4.78, 5) is 0. The quantitative estimate of drug-likeness (QED) is 0.179. The van der Waals surface area contributed by atoms with Crippen molar-refractivity contribution in [2.45, 2.75) is 98.8 Å². The highest BCUT2D eigenvalue weighted by molar-refractivity contribution is 6.92. The molecule has 35 heavy (non-hydrogen) atoms. The summed E-state index contributed by atoms with van der Waals surface area (Å²) < 4.78 is 0. The van der Waals surface area contributed by atoms with Crippen molar-refractivity contribution in [3.63, 3.8) is 0 Å². The van der Waals surface area contributed by atoms with E-state index in [0.717, 1.165) is 25.9 Å². The Morgan fingerprint density at radius 1 is 0.771 bits per heavy atom. The maximum atomic E-state index is 8.29. The second-order valence-corrected chi connectivity index (χ2v) is 7.64. The molecule has 1 unspecified atom stereocenters. The van der Waals surface area contributed by atoms with E-state index in [1.807, 2.05) is 6.92 Å². The number of hydrogen-bond donors (Lipinski definition) is 2. The molecule has 4 nitrogen and oxygen atoms in total. The molecule has 0 aliphatic rings. The zero-order chi connectivity index (χ0) is 24.7. The van der Waals surface area contributed by atoms with Crippen molar-refractivity contribution in [1.82, 2.24) is 0 Å². The largest absolute Gasteiger partial charge is 0.412 e. The van der Waals surface area contributed by atoms with Gasteiger partial charge >= 0.3 is 0 Å². The van der Waals surface area contributed by atoms with Crippen LogP contribution in [0.5, 0.6) is 0 Å². The maximum Gasteiger partial charge on any atom is 0.0431 e. The summed E-state index contributed by atoms with van der Waals surface area (Å²) in [6.07, 6.45) is 16.5. The van der Waals surface area contributed by atoms with Crippen molar-refractivity contribution < 1.29 is 22.6 Å². The van der Waals surface area contributed by atoms with E-state index in [4.69, 9.17) is 10.2 Å². The Kier molecular flexibility index (Phi) is 61.9. The minimum atomic E-state index is 0. The number of allylic oxidation sites excluding steroid dienone is 2. The highest BCUT2D eigenvalue weighted by atomic mass is 31.0. The van der Waals surface area contributed by atoms with Crippen LogP contribution in [0, 0.1) is 5.92 Å². The molecule has 1 aromatic rings. The van der Waals surface area contributed by atoms with Gasteiger partial charge in [0, 0.05) is 15.1 Å². The number of rotatable bonds is 11. The van der Waals surface area contributed by atoms with E-state index in [1.54, 1.807) is 0 Å². The first-order valence-corrected chi connectivity index (χ1v) is 12.7. The van der Waals surface area contributed by atoms with Gasteiger partial charge in [0.25, 0.3) is 0 Å². The fourth-order valence-corrected chi connectivity index (χ4v) is 2.92. The zero-order valence-electron chi connectivity index (χ0n) is 23.7. The molecule has 0 aliphatic heterocycles. The van der Waals surface area contributed by atoms with E-state index in [2.05, 4.69) is 94.4 Å². The molecule has 0 bridgehead atoms. The summed E-state index contributed by atoms with van der Waals surface area (Å²) in [5.41, 5.74) is 1.44. The third kappa shape index (κ3) is 43.2. The molecule has 0 aromatic heterocycles. The molecular formula is C30H62O4P. The van der Waals surface area contributed by atoms with Crippen LogP contribution in [-0.4, -0.2) is 34.9 Å². The lowest BCUT2D eigenvalue weighted by atomic mass is 9.92. The van der Waals surface area contributed by atoms with Crippen LogP contribution in [0.4, 0.5) is 0 Å². The Morgan fingerprint density at radius 2 is 1.26 bits per heavy atom. The number of aliphatic hydroxyl groups is 2. The van der Waals surface area contributed by atoms with Crippen molar-refractivity contribution >= 4 is 9.90 Å². The third-order valence-corrected chi connectivity index (χ3v) is 4.84. The van der Waals surface area contributed by atoms with E-state index >= 15 is 0 Å². The molecule has 0 spiro atoms. The molecular weight excluding hydrogens is 455 g/mol. The molecule has 1 aromatic carbocycles. The summed E-state index contributed by atoms with van der Waals surface area (Å²) in [6, 6.07) is 19.1. The van der Waals surface area contributed by atoms with Crippen LogP contribution in [-0.2, 0) is 6.42 Å². The van der Waals surface area contributed by atoms with Crippen molar-refractivity contribution in [3.8, 4) is 0 Å². The zero-order valence-corrected chi connectivity index (χ0v) is 24.8. The van der Waals surface area contributed by atoms with Crippen molar-refractivity contribution in [3.05, 3.63) is 72.3 Å². The monoisotopic (exact) mass is 517 g/mol. The average molecular weight is 518 g/mol. The second kappa shape index (κ2) is 46.1. The van der Waals surface area contributed by atoms with Crippen molar-refractivity contribution in [2.75, 3.05) is 13.7 Å². The predicted molar refractivity (Wildman–Crippen MR) is 165 cm³/mol. The lowest BCUT2D eigenvalue weighted by molar-refractivity contribution is 0.283. The van der Waals surface area contributed by atoms with Crippen LogP contribution in [0.2, 0.25) is 0 Å². The van der Waals surface area contributed by atoms with E-state index in [1.165, 1.54) is 56.9 Å². The van der Waals surface area contributed by atoms with Gasteiger partial charge in [-0.1, -0.05) is 139 Å². The summed E-state index contributed by atoms with van der Waals surface area (Å²) in [6.45, 7) is 11.3. The number of unbranched alkanes of at least 4 members (excludes halogenated alkanes) is 4. The van der Waals surface area contributed by atoms with Crippen molar-refractivity contribution in [1.29, 1.82) is 0 Å². The van der Waals surface area contributed by atoms with Gasteiger partial charge in [-0.05, 0) is 37.7 Å². The van der Waals surface area contributed by atoms with Gasteiger partial charge in [0.15, 0.2) is 0 Å². The highest BCUT2D eigenvalue weighted by Gasteiger charge is 2.05. The standard InChI is InChI=1S/C18H26.C6H14O.C5H10.CH4O.2H2O.H2P.H2/c1-3-5-13-17(4-2)16-18-14-11-9-7-6-8-10-12-15-18;1-2-3-4-5-6-7;1-3-5-4-2;1-2;;;;/h6-12,14-15,17H,3-5,13,16H2,1-2H3;7H,2-6H2,1H3;3,5H,4H2,1-2H3;2H,1H3;3*1H2;1H/b;;5-3-;;;;;. The van der Waals surface area contributed by atoms with Crippen molar-refractivity contribution in [2.24, 2.45) is 5.92 Å². The fraction of sp³-hybridized carbons (Fsp3) is 0.600. The smallest absolute Gasteiger partial charge is 0.0431 e. The normalized spacial score (nSPS) is 9.49. The minimum absolute atomic E-state index is 0. The maximum absolute atomic E-state index is 8.29. The fourth-order valence-electron chi connectivity index (χ4n) is 2.92. The lowest BCUT2D eigenvalue weighted by Crippen LogP contribution is -2.02. The van der Waals surface area contributed by atoms with Crippen LogP contribution >= 0.6 is 9.90 Å². The molecule has 6 N–H and O–H groups in total. The van der Waals surface area contributed by atoms with Crippen LogP contribution in [0.15, 0.2) is 66.7 Å². The van der Waals surface area contributed by atoms with Crippen LogP contribution in [0.3, 0.4) is 0 Å². The summed E-state index contributed by atoms with van der Waals surface area (Å²) in [7, 11) is 1.00. The predicted octanol–water partition coefficient (Wildman–Crippen LogP) is 7.63. The van der Waals surface area contributed by atoms with Gasteiger partial charge in [0.05, 0.1) is 0 Å². The van der Waals surface area contributed by atoms with E-state index in [-0.39, 0.29) is 22.3 Å². The van der Waals surface area contributed by atoms with Gasteiger partial charge in [-0.25, -0.2) is 0 Å². The lowest BCUT2D eigenvalue weighted by Gasteiger charge is -2.13. The summed E-state index contributed by atoms with van der Waals surface area (Å²) in [5.74, 6) is 0.830. The van der Waals surface area contributed by atoms with Gasteiger partial charge in [-0.15, -0.1) is 9.90 Å². The van der Waals surface area contributed by atoms with Gasteiger partial charge < -0.3 is 21.2 Å². The Hall–Kier alpha value is -1.29. The van der Waals surface area contributed by atoms with Gasteiger partial charge in [-0.3, -0.25) is 0 Å². The minimum Gasteiger partial charge on any atom is -0.412 e. The Labute approximate surface area is 223 Å². The SMILES string of the molecule is C/C=C\CC.CCCCC(CC)Cc1ccccccccc1.CCCCCCO.CO.O.O.[HH].[PH2]. The second-order valence-electron chi connectivity index (χ2n) is 7.64. The first-order valence-electron chi connectivity index (χ1n) is 12.7. The first-order chi connectivity index (χ1) is 15.7. The Morgan fingerprint density at radius 3 is 1.60 bits per heavy atom. The molecule has 0 saturated heterocycles. The topological polar surface area (TPSA) is 103 Å². The molecule has 0 saturated carbocycles. The summed E-state index contributed by atoms with van der Waals surface area (Å²) >= 11 is 0. The van der Waals surface area contributed by atoms with Crippen LogP contribution in [0.1, 0.15) is 99.4 Å². The molecule has 0 heterocycles. The Bertz CT molecular complexity index is 515. The molecule has 1 rings (SSSR count). The molecule has 5 heteroatoms. The average Bonchev–Trinajstić information content (AvgIpc) is 2.83. The Balaban J connectivity index is -0.0000000792. The van der Waals surface area contributed by atoms with Gasteiger partial charge in [0.1, 0.15) is 0 Å². The van der Waals surface area contributed by atoms with Crippen LogP contribution in [0.25, 0.3) is 0 Å².